The average molecular weight is 270 g/mol. The van der Waals surface area contributed by atoms with E-state index in [0.29, 0.717) is 28.6 Å². The smallest absolute Gasteiger partial charge is 0.267 e. The second kappa shape index (κ2) is 5.05. The van der Waals surface area contributed by atoms with E-state index in [2.05, 4.69) is 9.59 Å². The molecule has 0 spiro atoms. The fourth-order valence-electron chi connectivity index (χ4n) is 1.94. The van der Waals surface area contributed by atoms with E-state index in [4.69, 9.17) is 18.0 Å². The van der Waals surface area contributed by atoms with Crippen molar-refractivity contribution >= 4 is 34.6 Å². The molecule has 2 heterocycles. The maximum atomic E-state index is 12.2. The fourth-order valence-corrected chi connectivity index (χ4v) is 2.80. The molecule has 1 amide bonds. The van der Waals surface area contributed by atoms with Crippen LogP contribution in [0.3, 0.4) is 0 Å². The number of amides is 1. The third-order valence-corrected chi connectivity index (χ3v) is 4.18. The highest BCUT2D eigenvalue weighted by Gasteiger charge is 2.26. The molecule has 5 nitrogen and oxygen atoms in total. The molecule has 0 atom stereocenters. The van der Waals surface area contributed by atoms with Gasteiger partial charge in [-0.05, 0) is 31.3 Å². The highest BCUT2D eigenvalue weighted by Crippen LogP contribution is 2.21. The number of nitrogens with two attached hydrogens (primary N) is 1. The first-order valence-electron chi connectivity index (χ1n) is 5.47. The van der Waals surface area contributed by atoms with Crippen LogP contribution in [0.1, 0.15) is 28.2 Å². The molecule has 1 fully saturated rings. The fraction of sp³-hybridized carbons (Fsp3) is 0.600. The Kier molecular flexibility index (Phi) is 3.68. The second-order valence-corrected chi connectivity index (χ2v) is 5.38. The number of hydrogen-bond acceptors (Lipinski definition) is 5. The number of aryl methyl sites for hydroxylation is 1. The van der Waals surface area contributed by atoms with Crippen LogP contribution in [0.4, 0.5) is 0 Å². The molecule has 92 valence electrons. The Hall–Kier alpha value is -1.08. The Balaban J connectivity index is 2.00. The van der Waals surface area contributed by atoms with Crippen molar-refractivity contribution in [2.45, 2.75) is 19.8 Å². The van der Waals surface area contributed by atoms with Gasteiger partial charge in [0.15, 0.2) is 0 Å². The first-order chi connectivity index (χ1) is 8.09. The topological polar surface area (TPSA) is 72.1 Å². The summed E-state index contributed by atoms with van der Waals surface area (Å²) in [6, 6.07) is 0. The summed E-state index contributed by atoms with van der Waals surface area (Å²) >= 11 is 6.13. The quantitative estimate of drug-likeness (QED) is 0.811. The number of rotatable bonds is 2. The van der Waals surface area contributed by atoms with Crippen molar-refractivity contribution < 1.29 is 4.79 Å². The van der Waals surface area contributed by atoms with E-state index >= 15 is 0 Å². The Morgan fingerprint density at radius 3 is 2.65 bits per heavy atom. The number of thiocarbonyl (C=S) groups is 1. The van der Waals surface area contributed by atoms with Gasteiger partial charge in [-0.3, -0.25) is 4.79 Å². The highest BCUT2D eigenvalue weighted by atomic mass is 32.1. The number of carbonyl (C=O) groups excluding carboxylic acids is 1. The van der Waals surface area contributed by atoms with Crippen molar-refractivity contribution in [2.24, 2.45) is 11.7 Å². The molecule has 7 heteroatoms. The van der Waals surface area contributed by atoms with Gasteiger partial charge in [-0.25, -0.2) is 0 Å². The SMILES string of the molecule is Cc1nnsc1C(=O)N1CCC(C(N)=S)CC1. The molecule has 0 saturated carbocycles. The van der Waals surface area contributed by atoms with E-state index in [1.54, 1.807) is 6.92 Å². The lowest BCUT2D eigenvalue weighted by molar-refractivity contribution is 0.0714. The number of hydrogen-bond donors (Lipinski definition) is 1. The van der Waals surface area contributed by atoms with Crippen LogP contribution in [0.25, 0.3) is 0 Å². The number of nitrogens with zero attached hydrogens (tertiary/aromatic N) is 3. The van der Waals surface area contributed by atoms with Crippen LogP contribution in [-0.4, -0.2) is 38.5 Å². The summed E-state index contributed by atoms with van der Waals surface area (Å²) in [6.07, 6.45) is 1.71. The summed E-state index contributed by atoms with van der Waals surface area (Å²) < 4.78 is 3.78. The van der Waals surface area contributed by atoms with E-state index in [-0.39, 0.29) is 11.8 Å². The van der Waals surface area contributed by atoms with E-state index < -0.39 is 0 Å². The van der Waals surface area contributed by atoms with E-state index in [1.165, 1.54) is 0 Å². The monoisotopic (exact) mass is 270 g/mol. The van der Waals surface area contributed by atoms with Gasteiger partial charge in [0, 0.05) is 19.0 Å². The summed E-state index contributed by atoms with van der Waals surface area (Å²) in [5.74, 6) is 0.300. The van der Waals surface area contributed by atoms with Gasteiger partial charge < -0.3 is 10.6 Å². The third-order valence-electron chi connectivity index (χ3n) is 3.03. The molecule has 1 saturated heterocycles. The molecule has 0 aliphatic carbocycles. The minimum atomic E-state index is 0.0267. The van der Waals surface area contributed by atoms with E-state index in [1.807, 2.05) is 4.90 Å². The van der Waals surface area contributed by atoms with Crippen LogP contribution in [0, 0.1) is 12.8 Å². The molecule has 1 aromatic rings. The van der Waals surface area contributed by atoms with Crippen molar-refractivity contribution in [2.75, 3.05) is 13.1 Å². The van der Waals surface area contributed by atoms with Crippen molar-refractivity contribution in [1.29, 1.82) is 0 Å². The number of aromatic nitrogens is 2. The molecule has 1 aliphatic rings. The van der Waals surface area contributed by atoms with Crippen LogP contribution in [0.5, 0.6) is 0 Å². The average Bonchev–Trinajstić information content (AvgIpc) is 2.74. The van der Waals surface area contributed by atoms with E-state index in [9.17, 15) is 4.79 Å². The zero-order valence-corrected chi connectivity index (χ0v) is 11.2. The standard InChI is InChI=1S/C10H14N4OS2/c1-6-8(17-13-12-6)10(15)14-4-2-7(3-5-14)9(11)16/h7H,2-5H2,1H3,(H2,11,16). The third kappa shape index (κ3) is 2.61. The molecular formula is C10H14N4OS2. The number of likely N-dealkylation sites (tertiary alicyclic amines) is 1. The summed E-state index contributed by atoms with van der Waals surface area (Å²) in [4.78, 5) is 15.2. The maximum Gasteiger partial charge on any atom is 0.267 e. The Labute approximate surface area is 109 Å². The Bertz CT molecular complexity index is 437. The summed E-state index contributed by atoms with van der Waals surface area (Å²) in [7, 11) is 0. The molecular weight excluding hydrogens is 256 g/mol. The highest BCUT2D eigenvalue weighted by molar-refractivity contribution is 7.80. The van der Waals surface area contributed by atoms with Gasteiger partial charge in [-0.15, -0.1) is 5.10 Å². The predicted molar refractivity (Wildman–Crippen MR) is 70.1 cm³/mol. The largest absolute Gasteiger partial charge is 0.393 e. The minimum absolute atomic E-state index is 0.0267. The molecule has 1 aliphatic heterocycles. The Morgan fingerprint density at radius 1 is 1.53 bits per heavy atom. The van der Waals surface area contributed by atoms with Crippen LogP contribution in [0.15, 0.2) is 0 Å². The van der Waals surface area contributed by atoms with Crippen molar-refractivity contribution in [3.05, 3.63) is 10.6 Å². The predicted octanol–water partition coefficient (Wildman–Crippen LogP) is 0.985. The van der Waals surface area contributed by atoms with Gasteiger partial charge >= 0.3 is 0 Å². The molecule has 1 aromatic heterocycles. The van der Waals surface area contributed by atoms with Crippen LogP contribution < -0.4 is 5.73 Å². The first-order valence-corrected chi connectivity index (χ1v) is 6.65. The van der Waals surface area contributed by atoms with Gasteiger partial charge in [0.2, 0.25) is 0 Å². The lowest BCUT2D eigenvalue weighted by atomic mass is 9.97. The van der Waals surface area contributed by atoms with Crippen molar-refractivity contribution in [1.82, 2.24) is 14.5 Å². The van der Waals surface area contributed by atoms with Crippen LogP contribution in [0.2, 0.25) is 0 Å². The lowest BCUT2D eigenvalue weighted by Crippen LogP contribution is -2.41. The summed E-state index contributed by atoms with van der Waals surface area (Å²) in [6.45, 7) is 3.22. The van der Waals surface area contributed by atoms with Gasteiger partial charge in [0.05, 0.1) is 10.7 Å². The zero-order valence-electron chi connectivity index (χ0n) is 9.55. The molecule has 2 N–H and O–H groups in total. The maximum absolute atomic E-state index is 12.2. The van der Waals surface area contributed by atoms with Crippen molar-refractivity contribution in [3.8, 4) is 0 Å². The Morgan fingerprint density at radius 2 is 2.18 bits per heavy atom. The molecule has 17 heavy (non-hydrogen) atoms. The minimum Gasteiger partial charge on any atom is -0.393 e. The number of piperidine rings is 1. The molecule has 0 aromatic carbocycles. The zero-order chi connectivity index (χ0) is 12.4. The van der Waals surface area contributed by atoms with Crippen LogP contribution >= 0.6 is 23.8 Å². The second-order valence-electron chi connectivity index (χ2n) is 4.16. The summed E-state index contributed by atoms with van der Waals surface area (Å²) in [5.41, 5.74) is 6.32. The van der Waals surface area contributed by atoms with Gasteiger partial charge in [-0.2, -0.15) is 0 Å². The molecule has 0 bridgehead atoms. The van der Waals surface area contributed by atoms with Crippen LogP contribution in [-0.2, 0) is 0 Å². The summed E-state index contributed by atoms with van der Waals surface area (Å²) in [5, 5.41) is 3.86. The van der Waals surface area contributed by atoms with E-state index in [0.717, 1.165) is 24.4 Å². The van der Waals surface area contributed by atoms with Crippen molar-refractivity contribution in [3.63, 3.8) is 0 Å². The normalized spacial score (nSPS) is 17.1. The molecule has 0 radical (unpaired) electrons. The lowest BCUT2D eigenvalue weighted by Gasteiger charge is -2.31. The molecule has 0 unspecified atom stereocenters. The number of carbonyl (C=O) groups is 1. The van der Waals surface area contributed by atoms with Gasteiger partial charge in [0.25, 0.3) is 5.91 Å². The molecule has 2 rings (SSSR count). The van der Waals surface area contributed by atoms with Gasteiger partial charge in [0.1, 0.15) is 4.88 Å². The first kappa shape index (κ1) is 12.4. The van der Waals surface area contributed by atoms with Gasteiger partial charge in [-0.1, -0.05) is 16.7 Å².